The summed E-state index contributed by atoms with van der Waals surface area (Å²) >= 11 is 5.96. The summed E-state index contributed by atoms with van der Waals surface area (Å²) in [6.07, 6.45) is 0. The van der Waals surface area contributed by atoms with E-state index in [1.165, 1.54) is 11.7 Å². The van der Waals surface area contributed by atoms with E-state index >= 15 is 0 Å². The van der Waals surface area contributed by atoms with E-state index < -0.39 is 11.9 Å². The standard InChI is InChI=1S/C20H18ClN3O5/c1-12-9-13(7-8-15(12)21)29-11-17(25)22-23-19-14-5-3-4-6-16(14)24(20(19)27)10-18(26)28-2/h3-9,27H,10-11H2,1-2H3. The van der Waals surface area contributed by atoms with Gasteiger partial charge in [0, 0.05) is 10.4 Å². The predicted octanol–water partition coefficient (Wildman–Crippen LogP) is 4.17. The maximum Gasteiger partial charge on any atom is 0.325 e. The van der Waals surface area contributed by atoms with Crippen molar-refractivity contribution < 1.29 is 24.2 Å². The molecule has 1 N–H and O–H groups in total. The number of ether oxygens (including phenoxy) is 2. The molecule has 3 aromatic rings. The van der Waals surface area contributed by atoms with Crippen LogP contribution < -0.4 is 4.74 Å². The molecule has 29 heavy (non-hydrogen) atoms. The van der Waals surface area contributed by atoms with Gasteiger partial charge in [-0.2, -0.15) is 0 Å². The number of azo groups is 1. The molecule has 1 aromatic heterocycles. The van der Waals surface area contributed by atoms with E-state index in [2.05, 4.69) is 15.0 Å². The Balaban J connectivity index is 1.79. The van der Waals surface area contributed by atoms with Crippen LogP contribution in [-0.2, 0) is 20.9 Å². The van der Waals surface area contributed by atoms with Gasteiger partial charge in [-0.05, 0) is 36.8 Å². The van der Waals surface area contributed by atoms with E-state index in [0.717, 1.165) is 5.56 Å². The zero-order chi connectivity index (χ0) is 21.0. The fourth-order valence-electron chi connectivity index (χ4n) is 2.71. The maximum absolute atomic E-state index is 12.0. The third-order valence-corrected chi connectivity index (χ3v) is 4.61. The molecule has 0 aliphatic heterocycles. The van der Waals surface area contributed by atoms with E-state index in [0.29, 0.717) is 21.7 Å². The first kappa shape index (κ1) is 20.3. The Hall–Kier alpha value is -3.39. The van der Waals surface area contributed by atoms with Gasteiger partial charge in [0.25, 0.3) is 0 Å². The molecule has 0 unspecified atom stereocenters. The number of aromatic nitrogens is 1. The summed E-state index contributed by atoms with van der Waals surface area (Å²) in [5, 5.41) is 19.1. The number of amides is 1. The quantitative estimate of drug-likeness (QED) is 0.480. The number of methoxy groups -OCH3 is 1. The summed E-state index contributed by atoms with van der Waals surface area (Å²) in [5.41, 5.74) is 1.46. The molecule has 0 saturated heterocycles. The lowest BCUT2D eigenvalue weighted by Gasteiger charge is -2.05. The highest BCUT2D eigenvalue weighted by molar-refractivity contribution is 6.31. The lowest BCUT2D eigenvalue weighted by Crippen LogP contribution is -2.10. The summed E-state index contributed by atoms with van der Waals surface area (Å²) in [6, 6.07) is 11.9. The van der Waals surface area contributed by atoms with Gasteiger partial charge in [0.15, 0.2) is 12.3 Å². The molecule has 0 saturated carbocycles. The molecule has 0 aliphatic rings. The Morgan fingerprint density at radius 3 is 2.69 bits per heavy atom. The molecule has 0 aliphatic carbocycles. The van der Waals surface area contributed by atoms with Gasteiger partial charge in [0.05, 0.1) is 12.6 Å². The Morgan fingerprint density at radius 2 is 1.97 bits per heavy atom. The van der Waals surface area contributed by atoms with Crippen LogP contribution in [0.25, 0.3) is 10.9 Å². The lowest BCUT2D eigenvalue weighted by atomic mass is 10.2. The van der Waals surface area contributed by atoms with Crippen LogP contribution in [-0.4, -0.2) is 35.3 Å². The van der Waals surface area contributed by atoms with Gasteiger partial charge in [0.1, 0.15) is 12.3 Å². The molecule has 150 valence electrons. The second-order valence-corrected chi connectivity index (χ2v) is 6.55. The van der Waals surface area contributed by atoms with Gasteiger partial charge in [-0.25, -0.2) is 0 Å². The topological polar surface area (TPSA) is 102 Å². The zero-order valence-corrected chi connectivity index (χ0v) is 16.5. The van der Waals surface area contributed by atoms with Gasteiger partial charge in [-0.3, -0.25) is 14.2 Å². The lowest BCUT2D eigenvalue weighted by molar-refractivity contribution is -0.141. The number of hydrogen-bond acceptors (Lipinski definition) is 6. The van der Waals surface area contributed by atoms with Crippen LogP contribution in [0.5, 0.6) is 11.6 Å². The van der Waals surface area contributed by atoms with Crippen molar-refractivity contribution in [1.82, 2.24) is 4.57 Å². The van der Waals surface area contributed by atoms with E-state index in [-0.39, 0.29) is 24.7 Å². The monoisotopic (exact) mass is 415 g/mol. The first-order chi connectivity index (χ1) is 13.9. The molecule has 0 radical (unpaired) electrons. The summed E-state index contributed by atoms with van der Waals surface area (Å²) in [5.74, 6) is -0.982. The fourth-order valence-corrected chi connectivity index (χ4v) is 2.83. The van der Waals surface area contributed by atoms with E-state index in [1.807, 2.05) is 6.92 Å². The molecular weight excluding hydrogens is 398 g/mol. The number of aryl methyl sites for hydroxylation is 1. The molecule has 8 nitrogen and oxygen atoms in total. The minimum atomic E-state index is -0.637. The number of benzene rings is 2. The summed E-state index contributed by atoms with van der Waals surface area (Å²) in [7, 11) is 1.26. The molecular formula is C20H18ClN3O5. The summed E-state index contributed by atoms with van der Waals surface area (Å²) in [4.78, 5) is 23.7. The summed E-state index contributed by atoms with van der Waals surface area (Å²) in [6.45, 7) is 1.29. The number of para-hydroxylation sites is 1. The van der Waals surface area contributed by atoms with Crippen molar-refractivity contribution in [2.75, 3.05) is 13.7 Å². The van der Waals surface area contributed by atoms with Crippen LogP contribution in [0.15, 0.2) is 52.7 Å². The molecule has 1 heterocycles. The first-order valence-electron chi connectivity index (χ1n) is 8.61. The molecule has 3 rings (SSSR count). The third-order valence-electron chi connectivity index (χ3n) is 4.19. The first-order valence-corrected chi connectivity index (χ1v) is 8.99. The van der Waals surface area contributed by atoms with Crippen molar-refractivity contribution in [3.8, 4) is 11.6 Å². The van der Waals surface area contributed by atoms with Crippen molar-refractivity contribution in [1.29, 1.82) is 0 Å². The number of rotatable bonds is 6. The highest BCUT2D eigenvalue weighted by Crippen LogP contribution is 2.38. The van der Waals surface area contributed by atoms with Crippen LogP contribution in [0, 0.1) is 6.92 Å². The van der Waals surface area contributed by atoms with Gasteiger partial charge < -0.3 is 14.6 Å². The van der Waals surface area contributed by atoms with Crippen molar-refractivity contribution in [2.45, 2.75) is 13.5 Å². The molecule has 0 atom stereocenters. The second-order valence-electron chi connectivity index (χ2n) is 6.15. The zero-order valence-electron chi connectivity index (χ0n) is 15.8. The molecule has 9 heteroatoms. The minimum absolute atomic E-state index is 0.0835. The van der Waals surface area contributed by atoms with E-state index in [4.69, 9.17) is 16.3 Å². The summed E-state index contributed by atoms with van der Waals surface area (Å²) < 4.78 is 11.4. The number of carbonyl (C=O) groups is 2. The largest absolute Gasteiger partial charge is 0.493 e. The average molecular weight is 416 g/mol. The van der Waals surface area contributed by atoms with Crippen LogP contribution in [0.4, 0.5) is 5.69 Å². The van der Waals surface area contributed by atoms with Crippen LogP contribution in [0.1, 0.15) is 5.56 Å². The van der Waals surface area contributed by atoms with Crippen molar-refractivity contribution in [3.05, 3.63) is 53.1 Å². The van der Waals surface area contributed by atoms with Crippen LogP contribution in [0.3, 0.4) is 0 Å². The smallest absolute Gasteiger partial charge is 0.325 e. The van der Waals surface area contributed by atoms with Gasteiger partial charge in [-0.1, -0.05) is 29.8 Å². The number of esters is 1. The Morgan fingerprint density at radius 1 is 1.21 bits per heavy atom. The molecule has 1 amide bonds. The number of fused-ring (bicyclic) bond motifs is 1. The second kappa shape index (κ2) is 8.74. The third kappa shape index (κ3) is 4.55. The van der Waals surface area contributed by atoms with Gasteiger partial charge in [-0.15, -0.1) is 10.2 Å². The Kier molecular flexibility index (Phi) is 6.13. The normalized spacial score (nSPS) is 11.1. The van der Waals surface area contributed by atoms with Crippen molar-refractivity contribution in [3.63, 3.8) is 0 Å². The van der Waals surface area contributed by atoms with Crippen LogP contribution >= 0.6 is 11.6 Å². The highest BCUT2D eigenvalue weighted by atomic mass is 35.5. The average Bonchev–Trinajstić information content (AvgIpc) is 2.98. The van der Waals surface area contributed by atoms with Gasteiger partial charge in [0.2, 0.25) is 5.88 Å². The number of hydrogen-bond donors (Lipinski definition) is 1. The number of nitrogens with zero attached hydrogens (tertiary/aromatic N) is 3. The highest BCUT2D eigenvalue weighted by Gasteiger charge is 2.19. The van der Waals surface area contributed by atoms with E-state index in [9.17, 15) is 14.7 Å². The van der Waals surface area contributed by atoms with Crippen molar-refractivity contribution in [2.24, 2.45) is 10.2 Å². The van der Waals surface area contributed by atoms with Crippen molar-refractivity contribution >= 4 is 40.1 Å². The van der Waals surface area contributed by atoms with Crippen LogP contribution in [0.2, 0.25) is 5.02 Å². The minimum Gasteiger partial charge on any atom is -0.493 e. The fraction of sp³-hybridized carbons (Fsp3) is 0.200. The van der Waals surface area contributed by atoms with Gasteiger partial charge >= 0.3 is 11.9 Å². The number of carbonyl (C=O) groups excluding carboxylic acids is 2. The van der Waals surface area contributed by atoms with E-state index in [1.54, 1.807) is 42.5 Å². The Bertz CT molecular complexity index is 1110. The number of halogens is 1. The molecule has 0 bridgehead atoms. The number of aromatic hydroxyl groups is 1. The predicted molar refractivity (Wildman–Crippen MR) is 107 cm³/mol. The Labute approximate surface area is 171 Å². The SMILES string of the molecule is COC(=O)Cn1c(O)c(N=NC(=O)COc2ccc(Cl)c(C)c2)c2ccccc21. The molecule has 2 aromatic carbocycles. The molecule has 0 spiro atoms. The maximum atomic E-state index is 12.0. The molecule has 0 fully saturated rings.